The monoisotopic (exact) mass is 329 g/mol. The lowest BCUT2D eigenvalue weighted by atomic mass is 10.1. The molecule has 0 fully saturated rings. The molecule has 0 aliphatic rings. The van der Waals surface area contributed by atoms with Gasteiger partial charge in [0.1, 0.15) is 0 Å². The minimum atomic E-state index is -0.0163. The van der Waals surface area contributed by atoms with Crippen LogP contribution in [0, 0.1) is 5.92 Å². The van der Waals surface area contributed by atoms with E-state index in [1.165, 1.54) is 5.56 Å². The minimum absolute atomic E-state index is 0. The van der Waals surface area contributed by atoms with Gasteiger partial charge in [0.15, 0.2) is 0 Å². The molecule has 1 aromatic carbocycles. The average molecular weight is 330 g/mol. The van der Waals surface area contributed by atoms with Crippen LogP contribution in [-0.2, 0) is 11.2 Å². The molecule has 2 aromatic rings. The standard InChI is InChI=1S/C15H20ClN3O.ClH/c1-10(8-17-2)15(20)18-6-5-11-9-19-14-4-3-12(16)7-13(11)14;/h3-4,7,9-10,17,19H,5-6,8H2,1-2H3,(H,18,20);1H. The molecule has 1 amide bonds. The maximum atomic E-state index is 11.8. The van der Waals surface area contributed by atoms with E-state index in [-0.39, 0.29) is 24.2 Å². The predicted octanol–water partition coefficient (Wildman–Crippen LogP) is 2.76. The molecule has 116 valence electrons. The van der Waals surface area contributed by atoms with E-state index < -0.39 is 0 Å². The lowest BCUT2D eigenvalue weighted by Crippen LogP contribution is -2.35. The number of halogens is 2. The van der Waals surface area contributed by atoms with Crippen molar-refractivity contribution in [2.75, 3.05) is 20.1 Å². The van der Waals surface area contributed by atoms with Crippen LogP contribution in [0.2, 0.25) is 5.02 Å². The van der Waals surface area contributed by atoms with Crippen molar-refractivity contribution in [3.8, 4) is 0 Å². The van der Waals surface area contributed by atoms with Gasteiger partial charge in [-0.15, -0.1) is 12.4 Å². The van der Waals surface area contributed by atoms with Crippen molar-refractivity contribution in [1.82, 2.24) is 15.6 Å². The third-order valence-corrected chi connectivity index (χ3v) is 3.62. The van der Waals surface area contributed by atoms with Gasteiger partial charge in [0.25, 0.3) is 0 Å². The van der Waals surface area contributed by atoms with E-state index in [0.29, 0.717) is 13.1 Å². The Balaban J connectivity index is 0.00000220. The van der Waals surface area contributed by atoms with Crippen LogP contribution >= 0.6 is 24.0 Å². The number of hydrogen-bond donors (Lipinski definition) is 3. The number of rotatable bonds is 6. The molecule has 6 heteroatoms. The molecule has 2 rings (SSSR count). The quantitative estimate of drug-likeness (QED) is 0.763. The number of benzene rings is 1. The molecule has 3 N–H and O–H groups in total. The van der Waals surface area contributed by atoms with Crippen molar-refractivity contribution in [1.29, 1.82) is 0 Å². The summed E-state index contributed by atoms with van der Waals surface area (Å²) in [6.45, 7) is 3.23. The summed E-state index contributed by atoms with van der Waals surface area (Å²) in [5.41, 5.74) is 2.24. The first-order chi connectivity index (χ1) is 9.61. The molecule has 0 aliphatic heterocycles. The summed E-state index contributed by atoms with van der Waals surface area (Å²) in [5.74, 6) is 0.0645. The van der Waals surface area contributed by atoms with Gasteiger partial charge in [0, 0.05) is 41.1 Å². The van der Waals surface area contributed by atoms with Crippen LogP contribution < -0.4 is 10.6 Å². The van der Waals surface area contributed by atoms with Crippen molar-refractivity contribution < 1.29 is 4.79 Å². The highest BCUT2D eigenvalue weighted by molar-refractivity contribution is 6.31. The van der Waals surface area contributed by atoms with Crippen LogP contribution in [0.4, 0.5) is 0 Å². The molecule has 1 atom stereocenters. The predicted molar refractivity (Wildman–Crippen MR) is 90.4 cm³/mol. The fourth-order valence-electron chi connectivity index (χ4n) is 2.25. The van der Waals surface area contributed by atoms with Gasteiger partial charge in [-0.3, -0.25) is 4.79 Å². The molecular formula is C15H21Cl2N3O. The molecule has 0 spiro atoms. The molecule has 0 aliphatic carbocycles. The van der Waals surface area contributed by atoms with Crippen molar-refractivity contribution in [3.05, 3.63) is 35.0 Å². The number of nitrogens with one attached hydrogen (secondary N) is 3. The molecule has 0 radical (unpaired) electrons. The molecule has 0 saturated heterocycles. The highest BCUT2D eigenvalue weighted by Crippen LogP contribution is 2.22. The van der Waals surface area contributed by atoms with Crippen LogP contribution in [0.3, 0.4) is 0 Å². The number of carbonyl (C=O) groups excluding carboxylic acids is 1. The van der Waals surface area contributed by atoms with Crippen LogP contribution in [-0.4, -0.2) is 31.0 Å². The fraction of sp³-hybridized carbons (Fsp3) is 0.400. The zero-order chi connectivity index (χ0) is 14.5. The van der Waals surface area contributed by atoms with Gasteiger partial charge in [-0.2, -0.15) is 0 Å². The number of aromatic amines is 1. The van der Waals surface area contributed by atoms with E-state index >= 15 is 0 Å². The Hall–Kier alpha value is -1.23. The van der Waals surface area contributed by atoms with Gasteiger partial charge in [-0.25, -0.2) is 0 Å². The third-order valence-electron chi connectivity index (χ3n) is 3.38. The van der Waals surface area contributed by atoms with Gasteiger partial charge in [0.2, 0.25) is 5.91 Å². The number of H-pyrrole nitrogens is 1. The number of carbonyl (C=O) groups is 1. The molecule has 1 unspecified atom stereocenters. The van der Waals surface area contributed by atoms with Gasteiger partial charge < -0.3 is 15.6 Å². The van der Waals surface area contributed by atoms with Crippen LogP contribution in [0.5, 0.6) is 0 Å². The molecule has 0 bridgehead atoms. The van der Waals surface area contributed by atoms with E-state index in [2.05, 4.69) is 15.6 Å². The first kappa shape index (κ1) is 17.8. The summed E-state index contributed by atoms with van der Waals surface area (Å²) in [6.07, 6.45) is 2.77. The molecular weight excluding hydrogens is 309 g/mol. The first-order valence-electron chi connectivity index (χ1n) is 6.79. The summed E-state index contributed by atoms with van der Waals surface area (Å²) in [4.78, 5) is 15.0. The van der Waals surface area contributed by atoms with Crippen LogP contribution in [0.1, 0.15) is 12.5 Å². The van der Waals surface area contributed by atoms with Crippen LogP contribution in [0.15, 0.2) is 24.4 Å². The Morgan fingerprint density at radius 3 is 2.90 bits per heavy atom. The maximum absolute atomic E-state index is 11.8. The highest BCUT2D eigenvalue weighted by Gasteiger charge is 2.11. The largest absolute Gasteiger partial charge is 0.361 e. The lowest BCUT2D eigenvalue weighted by Gasteiger charge is -2.11. The number of amides is 1. The van der Waals surface area contributed by atoms with Gasteiger partial charge in [0.05, 0.1) is 0 Å². The molecule has 1 aromatic heterocycles. The van der Waals surface area contributed by atoms with Crippen molar-refractivity contribution >= 4 is 40.8 Å². The summed E-state index contributed by atoms with van der Waals surface area (Å²) in [7, 11) is 1.85. The van der Waals surface area contributed by atoms with Crippen molar-refractivity contribution in [3.63, 3.8) is 0 Å². The second-order valence-electron chi connectivity index (χ2n) is 5.00. The minimum Gasteiger partial charge on any atom is -0.361 e. The average Bonchev–Trinajstić information content (AvgIpc) is 2.81. The Bertz CT molecular complexity index is 598. The SMILES string of the molecule is CNCC(C)C(=O)NCCc1c[nH]c2ccc(Cl)cc12.Cl. The van der Waals surface area contributed by atoms with Gasteiger partial charge in [-0.05, 0) is 37.2 Å². The number of fused-ring (bicyclic) bond motifs is 1. The third kappa shape index (κ3) is 4.63. The molecule has 0 saturated carbocycles. The number of aromatic nitrogens is 1. The van der Waals surface area contributed by atoms with Gasteiger partial charge >= 0.3 is 0 Å². The smallest absolute Gasteiger partial charge is 0.224 e. The Morgan fingerprint density at radius 2 is 2.19 bits per heavy atom. The second-order valence-corrected chi connectivity index (χ2v) is 5.44. The molecule has 21 heavy (non-hydrogen) atoms. The summed E-state index contributed by atoms with van der Waals surface area (Å²) < 4.78 is 0. The highest BCUT2D eigenvalue weighted by atomic mass is 35.5. The summed E-state index contributed by atoms with van der Waals surface area (Å²) >= 11 is 6.02. The van der Waals surface area contributed by atoms with Crippen LogP contribution in [0.25, 0.3) is 10.9 Å². The van der Waals surface area contributed by atoms with Gasteiger partial charge in [-0.1, -0.05) is 18.5 Å². The van der Waals surface area contributed by atoms with E-state index in [9.17, 15) is 4.79 Å². The lowest BCUT2D eigenvalue weighted by molar-refractivity contribution is -0.124. The molecule has 4 nitrogen and oxygen atoms in total. The Kier molecular flexibility index (Phi) is 7.02. The summed E-state index contributed by atoms with van der Waals surface area (Å²) in [5, 5.41) is 7.81. The first-order valence-corrected chi connectivity index (χ1v) is 7.17. The fourth-order valence-corrected chi connectivity index (χ4v) is 2.42. The second kappa shape index (κ2) is 8.27. The van der Waals surface area contributed by atoms with E-state index in [1.54, 1.807) is 0 Å². The Labute approximate surface area is 136 Å². The number of hydrogen-bond acceptors (Lipinski definition) is 2. The van der Waals surface area contributed by atoms with E-state index in [1.807, 2.05) is 38.4 Å². The summed E-state index contributed by atoms with van der Waals surface area (Å²) in [6, 6.07) is 5.79. The topological polar surface area (TPSA) is 56.9 Å². The Morgan fingerprint density at radius 1 is 1.43 bits per heavy atom. The normalized spacial score (nSPS) is 12.0. The van der Waals surface area contributed by atoms with Crippen molar-refractivity contribution in [2.24, 2.45) is 5.92 Å². The van der Waals surface area contributed by atoms with E-state index in [4.69, 9.17) is 11.6 Å². The van der Waals surface area contributed by atoms with E-state index in [0.717, 1.165) is 22.3 Å². The maximum Gasteiger partial charge on any atom is 0.224 e. The zero-order valence-electron chi connectivity index (χ0n) is 12.2. The molecule has 1 heterocycles. The zero-order valence-corrected chi connectivity index (χ0v) is 13.8. The van der Waals surface area contributed by atoms with Crippen molar-refractivity contribution in [2.45, 2.75) is 13.3 Å².